The van der Waals surface area contributed by atoms with Crippen LogP contribution in [0.1, 0.15) is 20.8 Å². The number of rotatable bonds is 9. The highest BCUT2D eigenvalue weighted by Crippen LogP contribution is 2.30. The van der Waals surface area contributed by atoms with Gasteiger partial charge in [0, 0.05) is 17.6 Å². The Labute approximate surface area is 158 Å². The van der Waals surface area contributed by atoms with E-state index in [-0.39, 0.29) is 11.2 Å². The lowest BCUT2D eigenvalue weighted by Crippen LogP contribution is -2.27. The molecular weight excluding hydrogens is 356 g/mol. The molecule has 1 unspecified atom stereocenters. The van der Waals surface area contributed by atoms with Crippen LogP contribution in [0.5, 0.6) is 0 Å². The average Bonchev–Trinajstić information content (AvgIpc) is 3.05. The lowest BCUT2D eigenvalue weighted by Gasteiger charge is -2.17. The quantitative estimate of drug-likeness (QED) is 0.668. The maximum atomic E-state index is 12.4. The number of hydrogen-bond acceptors (Lipinski definition) is 4. The van der Waals surface area contributed by atoms with Crippen molar-refractivity contribution in [2.45, 2.75) is 37.5 Å². The van der Waals surface area contributed by atoms with Crippen LogP contribution in [0.4, 0.5) is 5.69 Å². The molecule has 0 radical (unpaired) electrons. The third-order valence-electron chi connectivity index (χ3n) is 3.95. The molecule has 2 rings (SSSR count). The molecule has 1 N–H and O–H groups in total. The van der Waals surface area contributed by atoms with E-state index in [1.807, 2.05) is 42.1 Å². The van der Waals surface area contributed by atoms with Gasteiger partial charge in [0.15, 0.2) is 0 Å². The number of carbonyl (C=O) groups is 1. The number of likely N-dealkylation sites (N-methyl/N-ethyl adjacent to an activating group) is 1. The van der Waals surface area contributed by atoms with Crippen molar-refractivity contribution in [1.29, 1.82) is 0 Å². The van der Waals surface area contributed by atoms with Crippen LogP contribution in [-0.2, 0) is 11.3 Å². The minimum Gasteiger partial charge on any atom is -0.322 e. The normalized spacial score (nSPS) is 12.4. The predicted octanol–water partition coefficient (Wildman–Crippen LogP) is 4.00. The van der Waals surface area contributed by atoms with Gasteiger partial charge in [0.2, 0.25) is 5.91 Å². The summed E-state index contributed by atoms with van der Waals surface area (Å²) in [6.45, 7) is 9.97. The van der Waals surface area contributed by atoms with Gasteiger partial charge in [-0.3, -0.25) is 9.48 Å². The summed E-state index contributed by atoms with van der Waals surface area (Å²) >= 11 is 7.60. The Kier molecular flexibility index (Phi) is 7.81. The first kappa shape index (κ1) is 19.8. The molecule has 1 heterocycles. The number of halogens is 1. The molecule has 25 heavy (non-hydrogen) atoms. The smallest absolute Gasteiger partial charge is 0.237 e. The summed E-state index contributed by atoms with van der Waals surface area (Å²) in [5.41, 5.74) is 0.719. The van der Waals surface area contributed by atoms with Crippen molar-refractivity contribution in [3.63, 3.8) is 0 Å². The highest BCUT2D eigenvalue weighted by Gasteiger charge is 2.16. The van der Waals surface area contributed by atoms with E-state index in [2.05, 4.69) is 29.2 Å². The first-order valence-corrected chi connectivity index (χ1v) is 9.76. The molecule has 0 aliphatic rings. The topological polar surface area (TPSA) is 50.2 Å². The number of nitrogens with one attached hydrogen (secondary N) is 1. The Morgan fingerprint density at radius 3 is 2.76 bits per heavy atom. The van der Waals surface area contributed by atoms with Crippen LogP contribution in [0.25, 0.3) is 0 Å². The maximum Gasteiger partial charge on any atom is 0.237 e. The van der Waals surface area contributed by atoms with Gasteiger partial charge in [-0.2, -0.15) is 5.10 Å². The third kappa shape index (κ3) is 6.06. The molecule has 136 valence electrons. The molecule has 1 aromatic carbocycles. The molecule has 0 bridgehead atoms. The number of aromatic nitrogens is 2. The maximum absolute atomic E-state index is 12.4. The zero-order valence-electron chi connectivity index (χ0n) is 14.9. The van der Waals surface area contributed by atoms with Crippen LogP contribution in [0.2, 0.25) is 5.02 Å². The molecule has 0 saturated heterocycles. The monoisotopic (exact) mass is 380 g/mol. The third-order valence-corrected chi connectivity index (χ3v) is 5.57. The highest BCUT2D eigenvalue weighted by atomic mass is 35.5. The summed E-state index contributed by atoms with van der Waals surface area (Å²) in [5, 5.41) is 7.64. The number of thioether (sulfide) groups is 1. The number of nitrogens with zero attached hydrogens (tertiary/aromatic N) is 3. The number of benzene rings is 1. The predicted molar refractivity (Wildman–Crippen MR) is 105 cm³/mol. The Bertz CT molecular complexity index is 687. The van der Waals surface area contributed by atoms with Gasteiger partial charge < -0.3 is 10.2 Å². The minimum absolute atomic E-state index is 0.0618. The molecule has 1 atom stereocenters. The lowest BCUT2D eigenvalue weighted by molar-refractivity contribution is -0.115. The first-order chi connectivity index (χ1) is 12.0. The molecule has 0 aliphatic heterocycles. The van der Waals surface area contributed by atoms with Crippen LogP contribution in [0, 0.1) is 0 Å². The van der Waals surface area contributed by atoms with Crippen LogP contribution in [0.15, 0.2) is 41.6 Å². The largest absolute Gasteiger partial charge is 0.322 e. The van der Waals surface area contributed by atoms with Gasteiger partial charge in [0.1, 0.15) is 0 Å². The molecule has 0 fully saturated rings. The SMILES string of the molecule is CCN(CC)CCn1cc(NC(=O)C(C)Sc2ccccc2Cl)cn1. The second kappa shape index (κ2) is 9.85. The summed E-state index contributed by atoms with van der Waals surface area (Å²) in [6, 6.07) is 7.54. The van der Waals surface area contributed by atoms with E-state index in [0.29, 0.717) is 5.02 Å². The summed E-state index contributed by atoms with van der Waals surface area (Å²) < 4.78 is 1.86. The summed E-state index contributed by atoms with van der Waals surface area (Å²) in [4.78, 5) is 15.6. The van der Waals surface area contributed by atoms with Crippen molar-refractivity contribution in [3.05, 3.63) is 41.7 Å². The van der Waals surface area contributed by atoms with Crippen molar-refractivity contribution in [2.24, 2.45) is 0 Å². The summed E-state index contributed by atoms with van der Waals surface area (Å²) in [5.74, 6) is -0.0618. The van der Waals surface area contributed by atoms with Crippen molar-refractivity contribution in [1.82, 2.24) is 14.7 Å². The summed E-state index contributed by atoms with van der Waals surface area (Å²) in [7, 11) is 0. The molecule has 0 aliphatic carbocycles. The van der Waals surface area contributed by atoms with E-state index in [9.17, 15) is 4.79 Å². The second-order valence-electron chi connectivity index (χ2n) is 5.70. The lowest BCUT2D eigenvalue weighted by atomic mass is 10.4. The Hall–Kier alpha value is -1.50. The van der Waals surface area contributed by atoms with Crippen molar-refractivity contribution < 1.29 is 4.79 Å². The molecule has 1 aromatic heterocycles. The fourth-order valence-corrected chi connectivity index (χ4v) is 3.52. The van der Waals surface area contributed by atoms with Gasteiger partial charge in [-0.1, -0.05) is 37.6 Å². The van der Waals surface area contributed by atoms with Crippen LogP contribution >= 0.6 is 23.4 Å². The van der Waals surface area contributed by atoms with E-state index < -0.39 is 0 Å². The van der Waals surface area contributed by atoms with Crippen molar-refractivity contribution in [2.75, 3.05) is 25.0 Å². The number of carbonyl (C=O) groups excluding carboxylic acids is 1. The molecule has 0 saturated carbocycles. The van der Waals surface area contributed by atoms with Crippen LogP contribution in [0.3, 0.4) is 0 Å². The van der Waals surface area contributed by atoms with Crippen LogP contribution in [-0.4, -0.2) is 45.5 Å². The van der Waals surface area contributed by atoms with Gasteiger partial charge in [-0.25, -0.2) is 0 Å². The Morgan fingerprint density at radius 2 is 2.08 bits per heavy atom. The fraction of sp³-hybridized carbons (Fsp3) is 0.444. The van der Waals surface area contributed by atoms with Gasteiger partial charge in [0.05, 0.1) is 28.7 Å². The fourth-order valence-electron chi connectivity index (χ4n) is 2.36. The van der Waals surface area contributed by atoms with E-state index in [1.165, 1.54) is 11.8 Å². The molecule has 0 spiro atoms. The highest BCUT2D eigenvalue weighted by molar-refractivity contribution is 8.00. The molecule has 7 heteroatoms. The van der Waals surface area contributed by atoms with E-state index in [4.69, 9.17) is 11.6 Å². The van der Waals surface area contributed by atoms with Crippen molar-refractivity contribution in [3.8, 4) is 0 Å². The molecule has 1 amide bonds. The van der Waals surface area contributed by atoms with E-state index in [1.54, 1.807) is 6.20 Å². The number of amides is 1. The Balaban J connectivity index is 1.87. The van der Waals surface area contributed by atoms with E-state index in [0.717, 1.165) is 36.8 Å². The van der Waals surface area contributed by atoms with E-state index >= 15 is 0 Å². The second-order valence-corrected chi connectivity index (χ2v) is 7.49. The van der Waals surface area contributed by atoms with Gasteiger partial charge in [0.25, 0.3) is 0 Å². The number of hydrogen-bond donors (Lipinski definition) is 1. The molecule has 2 aromatic rings. The zero-order valence-corrected chi connectivity index (χ0v) is 16.5. The standard InChI is InChI=1S/C18H25ClN4OS/c1-4-22(5-2)10-11-23-13-15(12-20-23)21-18(24)14(3)25-17-9-7-6-8-16(17)19/h6-9,12-14H,4-5,10-11H2,1-3H3,(H,21,24). The number of anilines is 1. The zero-order chi connectivity index (χ0) is 18.2. The molecule has 5 nitrogen and oxygen atoms in total. The van der Waals surface area contributed by atoms with Gasteiger partial charge >= 0.3 is 0 Å². The van der Waals surface area contributed by atoms with Gasteiger partial charge in [-0.15, -0.1) is 11.8 Å². The molecular formula is C18H25ClN4OS. The summed E-state index contributed by atoms with van der Waals surface area (Å²) in [6.07, 6.45) is 3.56. The van der Waals surface area contributed by atoms with Gasteiger partial charge in [-0.05, 0) is 32.1 Å². The average molecular weight is 381 g/mol. The minimum atomic E-state index is -0.251. The Morgan fingerprint density at radius 1 is 1.36 bits per heavy atom. The van der Waals surface area contributed by atoms with Crippen molar-refractivity contribution >= 4 is 35.0 Å². The first-order valence-electron chi connectivity index (χ1n) is 8.50. The van der Waals surface area contributed by atoms with Crippen LogP contribution < -0.4 is 5.32 Å².